The monoisotopic (exact) mass is 367 g/mol. The van der Waals surface area contributed by atoms with Crippen molar-refractivity contribution in [1.82, 2.24) is 4.31 Å². The van der Waals surface area contributed by atoms with E-state index in [0.717, 1.165) is 5.56 Å². The van der Waals surface area contributed by atoms with E-state index in [1.54, 1.807) is 42.5 Å². The summed E-state index contributed by atoms with van der Waals surface area (Å²) in [6, 6.07) is 13.9. The first-order valence-corrected chi connectivity index (χ1v) is 9.43. The lowest BCUT2D eigenvalue weighted by atomic mass is 10.2. The summed E-state index contributed by atoms with van der Waals surface area (Å²) in [5.41, 5.74) is 0.791. The Kier molecular flexibility index (Phi) is 5.40. The fourth-order valence-electron chi connectivity index (χ4n) is 2.43. The van der Waals surface area contributed by atoms with Crippen molar-refractivity contribution in [3.63, 3.8) is 0 Å². The first kappa shape index (κ1) is 17.2. The molecule has 0 aromatic heterocycles. The molecule has 0 bridgehead atoms. The average Bonchev–Trinajstić information content (AvgIpc) is 2.62. The second-order valence-electron chi connectivity index (χ2n) is 5.41. The lowest BCUT2D eigenvalue weighted by molar-refractivity contribution is 0.0730. The van der Waals surface area contributed by atoms with E-state index in [2.05, 4.69) is 0 Å². The maximum absolute atomic E-state index is 12.7. The van der Waals surface area contributed by atoms with Gasteiger partial charge in [0.2, 0.25) is 10.0 Å². The third-order valence-corrected chi connectivity index (χ3v) is 5.87. The Morgan fingerprint density at radius 1 is 1.08 bits per heavy atom. The Morgan fingerprint density at radius 3 is 2.50 bits per heavy atom. The summed E-state index contributed by atoms with van der Waals surface area (Å²) in [6.45, 7) is 1.91. The van der Waals surface area contributed by atoms with E-state index in [-0.39, 0.29) is 11.5 Å². The third-order valence-electron chi connectivity index (χ3n) is 3.73. The van der Waals surface area contributed by atoms with E-state index < -0.39 is 10.0 Å². The molecule has 0 atom stereocenters. The quantitative estimate of drug-likeness (QED) is 0.815. The first-order chi connectivity index (χ1) is 11.6. The normalized spacial score (nSPS) is 16.0. The van der Waals surface area contributed by atoms with Crippen LogP contribution in [0.3, 0.4) is 0 Å². The van der Waals surface area contributed by atoms with Gasteiger partial charge in [-0.2, -0.15) is 4.31 Å². The van der Waals surface area contributed by atoms with Gasteiger partial charge < -0.3 is 9.47 Å². The largest absolute Gasteiger partial charge is 0.489 e. The SMILES string of the molecule is O=S(=O)(c1cccc(COc2ccc(Cl)cc2)c1)N1CCOCC1. The van der Waals surface area contributed by atoms with E-state index in [0.29, 0.717) is 37.1 Å². The molecule has 2 aromatic rings. The zero-order chi connectivity index (χ0) is 17.0. The molecule has 1 saturated heterocycles. The van der Waals surface area contributed by atoms with Gasteiger partial charge in [0.15, 0.2) is 0 Å². The molecular formula is C17H18ClNO4S. The van der Waals surface area contributed by atoms with E-state index in [1.807, 2.05) is 6.07 Å². The molecule has 3 rings (SSSR count). The van der Waals surface area contributed by atoms with Gasteiger partial charge in [0, 0.05) is 18.1 Å². The van der Waals surface area contributed by atoms with Crippen LogP contribution in [0.1, 0.15) is 5.56 Å². The molecular weight excluding hydrogens is 350 g/mol. The zero-order valence-electron chi connectivity index (χ0n) is 13.0. The van der Waals surface area contributed by atoms with Crippen molar-refractivity contribution in [2.24, 2.45) is 0 Å². The van der Waals surface area contributed by atoms with Crippen molar-refractivity contribution in [2.75, 3.05) is 26.3 Å². The second-order valence-corrected chi connectivity index (χ2v) is 7.78. The molecule has 24 heavy (non-hydrogen) atoms. The van der Waals surface area contributed by atoms with Crippen LogP contribution in [-0.4, -0.2) is 39.0 Å². The van der Waals surface area contributed by atoms with Crippen LogP contribution in [0, 0.1) is 0 Å². The Morgan fingerprint density at radius 2 is 1.79 bits per heavy atom. The summed E-state index contributed by atoms with van der Waals surface area (Å²) in [7, 11) is -3.49. The molecule has 0 unspecified atom stereocenters. The number of nitrogens with zero attached hydrogens (tertiary/aromatic N) is 1. The van der Waals surface area contributed by atoms with Crippen LogP contribution in [0.5, 0.6) is 5.75 Å². The molecule has 0 N–H and O–H groups in total. The van der Waals surface area contributed by atoms with Crippen LogP contribution in [-0.2, 0) is 21.4 Å². The van der Waals surface area contributed by atoms with Gasteiger partial charge in [-0.15, -0.1) is 0 Å². The van der Waals surface area contributed by atoms with Crippen LogP contribution in [0.2, 0.25) is 5.02 Å². The summed E-state index contributed by atoms with van der Waals surface area (Å²) >= 11 is 5.84. The summed E-state index contributed by atoms with van der Waals surface area (Å²) in [5.74, 6) is 0.681. The van der Waals surface area contributed by atoms with Crippen molar-refractivity contribution in [2.45, 2.75) is 11.5 Å². The molecule has 5 nitrogen and oxygen atoms in total. The summed E-state index contributed by atoms with van der Waals surface area (Å²) < 4.78 is 37.7. The maximum Gasteiger partial charge on any atom is 0.243 e. The van der Waals surface area contributed by atoms with Crippen LogP contribution in [0.25, 0.3) is 0 Å². The standard InChI is InChI=1S/C17H18ClNO4S/c18-15-4-6-16(7-5-15)23-13-14-2-1-3-17(12-14)24(20,21)19-8-10-22-11-9-19/h1-7,12H,8-11,13H2. The van der Waals surface area contributed by atoms with Gasteiger partial charge in [-0.1, -0.05) is 23.7 Å². The molecule has 0 saturated carbocycles. The summed E-state index contributed by atoms with van der Waals surface area (Å²) in [5, 5.41) is 0.640. The minimum absolute atomic E-state index is 0.279. The number of hydrogen-bond donors (Lipinski definition) is 0. The van der Waals surface area contributed by atoms with Gasteiger partial charge in [-0.25, -0.2) is 8.42 Å². The van der Waals surface area contributed by atoms with Crippen LogP contribution < -0.4 is 4.74 Å². The highest BCUT2D eigenvalue weighted by Gasteiger charge is 2.26. The number of benzene rings is 2. The molecule has 2 aromatic carbocycles. The highest BCUT2D eigenvalue weighted by Crippen LogP contribution is 2.20. The van der Waals surface area contributed by atoms with Gasteiger partial charge in [0.05, 0.1) is 18.1 Å². The van der Waals surface area contributed by atoms with E-state index in [1.165, 1.54) is 4.31 Å². The predicted octanol–water partition coefficient (Wildman–Crippen LogP) is 2.94. The lowest BCUT2D eigenvalue weighted by Crippen LogP contribution is -2.40. The summed E-state index contributed by atoms with van der Waals surface area (Å²) in [6.07, 6.45) is 0. The van der Waals surface area contributed by atoms with Gasteiger partial charge in [-0.05, 0) is 42.0 Å². The van der Waals surface area contributed by atoms with Crippen molar-refractivity contribution in [3.8, 4) is 5.75 Å². The average molecular weight is 368 g/mol. The predicted molar refractivity (Wildman–Crippen MR) is 91.8 cm³/mol. The third kappa shape index (κ3) is 4.08. The summed E-state index contributed by atoms with van der Waals surface area (Å²) in [4.78, 5) is 0.279. The first-order valence-electron chi connectivity index (χ1n) is 7.61. The maximum atomic E-state index is 12.7. The Bertz CT molecular complexity index is 786. The fourth-order valence-corrected chi connectivity index (χ4v) is 4.03. The number of halogens is 1. The zero-order valence-corrected chi connectivity index (χ0v) is 14.6. The number of ether oxygens (including phenoxy) is 2. The Hall–Kier alpha value is -1.60. The molecule has 1 heterocycles. The minimum atomic E-state index is -3.49. The lowest BCUT2D eigenvalue weighted by Gasteiger charge is -2.26. The highest BCUT2D eigenvalue weighted by molar-refractivity contribution is 7.89. The topological polar surface area (TPSA) is 55.8 Å². The molecule has 1 aliphatic heterocycles. The van der Waals surface area contributed by atoms with Gasteiger partial charge in [0.1, 0.15) is 12.4 Å². The van der Waals surface area contributed by atoms with Gasteiger partial charge in [0.25, 0.3) is 0 Å². The minimum Gasteiger partial charge on any atom is -0.489 e. The van der Waals surface area contributed by atoms with E-state index >= 15 is 0 Å². The van der Waals surface area contributed by atoms with Gasteiger partial charge in [-0.3, -0.25) is 0 Å². The van der Waals surface area contributed by atoms with Crippen molar-refractivity contribution >= 4 is 21.6 Å². The number of rotatable bonds is 5. The molecule has 0 amide bonds. The van der Waals surface area contributed by atoms with Crippen LogP contribution in [0.15, 0.2) is 53.4 Å². The molecule has 0 spiro atoms. The van der Waals surface area contributed by atoms with Crippen LogP contribution >= 0.6 is 11.6 Å². The second kappa shape index (κ2) is 7.53. The molecule has 1 aliphatic rings. The highest BCUT2D eigenvalue weighted by atomic mass is 35.5. The Labute approximate surface area is 146 Å². The van der Waals surface area contributed by atoms with Crippen molar-refractivity contribution in [1.29, 1.82) is 0 Å². The van der Waals surface area contributed by atoms with Crippen LogP contribution in [0.4, 0.5) is 0 Å². The number of hydrogen-bond acceptors (Lipinski definition) is 4. The number of morpholine rings is 1. The molecule has 0 radical (unpaired) electrons. The smallest absolute Gasteiger partial charge is 0.243 e. The molecule has 0 aliphatic carbocycles. The fraction of sp³-hybridized carbons (Fsp3) is 0.294. The van der Waals surface area contributed by atoms with E-state index in [9.17, 15) is 8.42 Å². The van der Waals surface area contributed by atoms with Crippen molar-refractivity contribution in [3.05, 3.63) is 59.1 Å². The molecule has 7 heteroatoms. The molecule has 1 fully saturated rings. The van der Waals surface area contributed by atoms with E-state index in [4.69, 9.17) is 21.1 Å². The molecule has 128 valence electrons. The van der Waals surface area contributed by atoms with Crippen molar-refractivity contribution < 1.29 is 17.9 Å². The number of sulfonamides is 1. The van der Waals surface area contributed by atoms with Gasteiger partial charge >= 0.3 is 0 Å². The Balaban J connectivity index is 1.72.